The van der Waals surface area contributed by atoms with Gasteiger partial charge >= 0.3 is 5.97 Å². The zero-order valence-electron chi connectivity index (χ0n) is 11.4. The standard InChI is InChI=1S/C11H17N5O4/c1-3-15(4-2)10(18)5-12-9(17)7-16-6-8(11(19)20)13-14-16/h6H,3-5,7H2,1-2H3,(H,12,17)(H,19,20). The molecule has 0 saturated carbocycles. The fraction of sp³-hybridized carbons (Fsp3) is 0.545. The predicted octanol–water partition coefficient (Wildman–Crippen LogP) is -1.04. The molecule has 0 bridgehead atoms. The first-order valence-electron chi connectivity index (χ1n) is 6.15. The van der Waals surface area contributed by atoms with Crippen LogP contribution >= 0.6 is 0 Å². The molecule has 2 N–H and O–H groups in total. The van der Waals surface area contributed by atoms with Crippen LogP contribution in [0.3, 0.4) is 0 Å². The number of carboxylic acid groups (broad SMARTS) is 1. The minimum atomic E-state index is -1.21. The molecule has 0 unspecified atom stereocenters. The Balaban J connectivity index is 2.43. The lowest BCUT2D eigenvalue weighted by Gasteiger charge is -2.18. The van der Waals surface area contributed by atoms with Gasteiger partial charge in [-0.25, -0.2) is 9.48 Å². The number of carbonyl (C=O) groups is 3. The van der Waals surface area contributed by atoms with E-state index in [-0.39, 0.29) is 24.7 Å². The third-order valence-electron chi connectivity index (χ3n) is 2.62. The fourth-order valence-electron chi connectivity index (χ4n) is 1.54. The number of hydrogen-bond donors (Lipinski definition) is 2. The first-order chi connectivity index (χ1) is 9.47. The quantitative estimate of drug-likeness (QED) is 0.660. The number of rotatable bonds is 7. The molecular formula is C11H17N5O4. The summed E-state index contributed by atoms with van der Waals surface area (Å²) in [6, 6.07) is 0. The number of carbonyl (C=O) groups excluding carboxylic acids is 2. The lowest BCUT2D eigenvalue weighted by Crippen LogP contribution is -2.40. The van der Waals surface area contributed by atoms with E-state index in [1.54, 1.807) is 4.90 Å². The molecule has 0 aromatic carbocycles. The molecule has 1 rings (SSSR count). The highest BCUT2D eigenvalue weighted by molar-refractivity contribution is 5.85. The van der Waals surface area contributed by atoms with E-state index in [0.717, 1.165) is 10.9 Å². The van der Waals surface area contributed by atoms with E-state index in [2.05, 4.69) is 15.6 Å². The van der Waals surface area contributed by atoms with Crippen molar-refractivity contribution in [2.24, 2.45) is 0 Å². The molecular weight excluding hydrogens is 266 g/mol. The van der Waals surface area contributed by atoms with E-state index in [9.17, 15) is 14.4 Å². The van der Waals surface area contributed by atoms with Gasteiger partial charge in [-0.2, -0.15) is 0 Å². The van der Waals surface area contributed by atoms with Crippen molar-refractivity contribution in [3.63, 3.8) is 0 Å². The maximum atomic E-state index is 11.7. The van der Waals surface area contributed by atoms with Crippen LogP contribution < -0.4 is 5.32 Å². The van der Waals surface area contributed by atoms with Gasteiger partial charge in [0.1, 0.15) is 6.54 Å². The highest BCUT2D eigenvalue weighted by Gasteiger charge is 2.13. The number of aromatic carboxylic acids is 1. The number of likely N-dealkylation sites (N-methyl/N-ethyl adjacent to an activating group) is 1. The molecule has 9 heteroatoms. The number of carboxylic acids is 1. The topological polar surface area (TPSA) is 117 Å². The van der Waals surface area contributed by atoms with Crippen molar-refractivity contribution in [1.29, 1.82) is 0 Å². The van der Waals surface area contributed by atoms with Crippen molar-refractivity contribution in [3.05, 3.63) is 11.9 Å². The van der Waals surface area contributed by atoms with Gasteiger partial charge in [-0.15, -0.1) is 5.10 Å². The van der Waals surface area contributed by atoms with Crippen molar-refractivity contribution in [1.82, 2.24) is 25.2 Å². The van der Waals surface area contributed by atoms with Crippen LogP contribution in [0, 0.1) is 0 Å². The van der Waals surface area contributed by atoms with Gasteiger partial charge in [-0.3, -0.25) is 9.59 Å². The maximum Gasteiger partial charge on any atom is 0.358 e. The molecule has 1 aromatic rings. The summed E-state index contributed by atoms with van der Waals surface area (Å²) in [6.45, 7) is 4.58. The summed E-state index contributed by atoms with van der Waals surface area (Å²) in [6.07, 6.45) is 1.15. The molecule has 0 radical (unpaired) electrons. The molecule has 1 aromatic heterocycles. The normalized spacial score (nSPS) is 10.1. The molecule has 1 heterocycles. The third kappa shape index (κ3) is 4.34. The lowest BCUT2D eigenvalue weighted by atomic mass is 10.4. The Morgan fingerprint density at radius 3 is 2.50 bits per heavy atom. The molecule has 20 heavy (non-hydrogen) atoms. The average molecular weight is 283 g/mol. The maximum absolute atomic E-state index is 11.7. The summed E-state index contributed by atoms with van der Waals surface area (Å²) in [5.74, 6) is -1.83. The second-order valence-corrected chi connectivity index (χ2v) is 3.95. The Bertz CT molecular complexity index is 495. The Morgan fingerprint density at radius 2 is 2.00 bits per heavy atom. The van der Waals surface area contributed by atoms with Gasteiger partial charge < -0.3 is 15.3 Å². The smallest absolute Gasteiger partial charge is 0.358 e. The van der Waals surface area contributed by atoms with Crippen LogP contribution in [-0.4, -0.2) is 62.4 Å². The molecule has 110 valence electrons. The number of nitrogens with zero attached hydrogens (tertiary/aromatic N) is 4. The van der Waals surface area contributed by atoms with Gasteiger partial charge in [-0.05, 0) is 13.8 Å². The highest BCUT2D eigenvalue weighted by atomic mass is 16.4. The van der Waals surface area contributed by atoms with Gasteiger partial charge in [0, 0.05) is 13.1 Å². The fourth-order valence-corrected chi connectivity index (χ4v) is 1.54. The van der Waals surface area contributed by atoms with Crippen LogP contribution in [0.25, 0.3) is 0 Å². The summed E-state index contributed by atoms with van der Waals surface area (Å²) >= 11 is 0. The van der Waals surface area contributed by atoms with Crippen molar-refractivity contribution < 1.29 is 19.5 Å². The number of hydrogen-bond acceptors (Lipinski definition) is 5. The van der Waals surface area contributed by atoms with E-state index in [1.807, 2.05) is 13.8 Å². The summed E-state index contributed by atoms with van der Waals surface area (Å²) in [4.78, 5) is 35.4. The Kier molecular flexibility index (Phi) is 5.63. The van der Waals surface area contributed by atoms with Gasteiger partial charge in [-0.1, -0.05) is 5.21 Å². The second kappa shape index (κ2) is 7.22. The van der Waals surface area contributed by atoms with E-state index >= 15 is 0 Å². The van der Waals surface area contributed by atoms with Gasteiger partial charge in [0.25, 0.3) is 0 Å². The van der Waals surface area contributed by atoms with Crippen LogP contribution in [0.15, 0.2) is 6.20 Å². The molecule has 0 spiro atoms. The minimum Gasteiger partial charge on any atom is -0.476 e. The lowest BCUT2D eigenvalue weighted by molar-refractivity contribution is -0.132. The van der Waals surface area contributed by atoms with Crippen LogP contribution in [-0.2, 0) is 16.1 Å². The van der Waals surface area contributed by atoms with E-state index in [1.165, 1.54) is 0 Å². The molecule has 2 amide bonds. The number of nitrogens with one attached hydrogen (secondary N) is 1. The first kappa shape index (κ1) is 15.6. The Morgan fingerprint density at radius 1 is 1.35 bits per heavy atom. The van der Waals surface area contributed by atoms with Crippen LogP contribution in [0.4, 0.5) is 0 Å². The minimum absolute atomic E-state index is 0.0962. The van der Waals surface area contributed by atoms with Crippen LogP contribution in [0.1, 0.15) is 24.3 Å². The van der Waals surface area contributed by atoms with Crippen molar-refractivity contribution in [2.45, 2.75) is 20.4 Å². The molecule has 9 nitrogen and oxygen atoms in total. The zero-order chi connectivity index (χ0) is 15.1. The Hall–Kier alpha value is -2.45. The predicted molar refractivity (Wildman–Crippen MR) is 67.9 cm³/mol. The van der Waals surface area contributed by atoms with Gasteiger partial charge in [0.15, 0.2) is 5.69 Å². The largest absolute Gasteiger partial charge is 0.476 e. The molecule has 0 aliphatic heterocycles. The van der Waals surface area contributed by atoms with Crippen molar-refractivity contribution >= 4 is 17.8 Å². The molecule has 0 atom stereocenters. The van der Waals surface area contributed by atoms with Crippen LogP contribution in [0.5, 0.6) is 0 Å². The Labute approximate surface area is 115 Å². The molecule has 0 aliphatic rings. The van der Waals surface area contributed by atoms with Gasteiger partial charge in [0.05, 0.1) is 12.7 Å². The summed E-state index contributed by atoms with van der Waals surface area (Å²) in [7, 11) is 0. The van der Waals surface area contributed by atoms with E-state index in [4.69, 9.17) is 5.11 Å². The van der Waals surface area contributed by atoms with E-state index in [0.29, 0.717) is 13.1 Å². The zero-order valence-corrected chi connectivity index (χ0v) is 11.4. The summed E-state index contributed by atoms with van der Waals surface area (Å²) in [5.41, 5.74) is -0.239. The molecule has 0 aliphatic carbocycles. The number of aromatic nitrogens is 3. The average Bonchev–Trinajstić information content (AvgIpc) is 2.86. The molecule has 0 saturated heterocycles. The monoisotopic (exact) mass is 283 g/mol. The van der Waals surface area contributed by atoms with Crippen molar-refractivity contribution in [2.75, 3.05) is 19.6 Å². The third-order valence-corrected chi connectivity index (χ3v) is 2.62. The van der Waals surface area contributed by atoms with Gasteiger partial charge in [0.2, 0.25) is 11.8 Å². The SMILES string of the molecule is CCN(CC)C(=O)CNC(=O)Cn1cc(C(=O)O)nn1. The second-order valence-electron chi connectivity index (χ2n) is 3.95. The highest BCUT2D eigenvalue weighted by Crippen LogP contribution is 1.93. The van der Waals surface area contributed by atoms with Crippen LogP contribution in [0.2, 0.25) is 0 Å². The molecule has 0 fully saturated rings. The summed E-state index contributed by atoms with van der Waals surface area (Å²) < 4.78 is 1.10. The summed E-state index contributed by atoms with van der Waals surface area (Å²) in [5, 5.41) is 18.0. The van der Waals surface area contributed by atoms with Crippen molar-refractivity contribution in [3.8, 4) is 0 Å². The first-order valence-corrected chi connectivity index (χ1v) is 6.15. The number of amides is 2. The van der Waals surface area contributed by atoms with E-state index < -0.39 is 11.9 Å².